The van der Waals surface area contributed by atoms with Crippen molar-refractivity contribution in [2.24, 2.45) is 0 Å². The molecule has 0 amide bonds. The number of piperidine rings is 1. The predicted molar refractivity (Wildman–Crippen MR) is 71.5 cm³/mol. The molecule has 5 nitrogen and oxygen atoms in total. The van der Waals surface area contributed by atoms with Crippen LogP contribution in [-0.4, -0.2) is 22.9 Å². The third kappa shape index (κ3) is 1.70. The zero-order valence-electron chi connectivity index (χ0n) is 10.6. The molecule has 0 spiro atoms. The van der Waals surface area contributed by atoms with Crippen LogP contribution in [0.25, 0.3) is 11.0 Å². The van der Waals surface area contributed by atoms with Crippen LogP contribution in [0.3, 0.4) is 0 Å². The highest BCUT2D eigenvalue weighted by atomic mass is 16.6. The average Bonchev–Trinajstić information content (AvgIpc) is 2.89. The number of hydrogen-bond donors (Lipinski definition) is 1. The van der Waals surface area contributed by atoms with Crippen LogP contribution in [-0.2, 0) is 0 Å². The molecule has 2 N–H and O–H groups in total. The smallest absolute Gasteiger partial charge is 0.160 e. The van der Waals surface area contributed by atoms with Gasteiger partial charge in [0, 0.05) is 12.6 Å². The number of benzene rings is 1. The van der Waals surface area contributed by atoms with Gasteiger partial charge in [-0.15, -0.1) is 0 Å². The molecule has 1 saturated heterocycles. The summed E-state index contributed by atoms with van der Waals surface area (Å²) in [6, 6.07) is 4.52. The van der Waals surface area contributed by atoms with Crippen molar-refractivity contribution in [2.45, 2.75) is 38.6 Å². The first kappa shape index (κ1) is 11.3. The fourth-order valence-corrected chi connectivity index (χ4v) is 2.85. The fourth-order valence-electron chi connectivity index (χ4n) is 2.85. The van der Waals surface area contributed by atoms with E-state index in [2.05, 4.69) is 22.1 Å². The van der Waals surface area contributed by atoms with Gasteiger partial charge in [-0.3, -0.25) is 0 Å². The van der Waals surface area contributed by atoms with Crippen molar-refractivity contribution in [3.05, 3.63) is 12.1 Å². The molecule has 18 heavy (non-hydrogen) atoms. The lowest BCUT2D eigenvalue weighted by Crippen LogP contribution is -2.39. The van der Waals surface area contributed by atoms with Gasteiger partial charge in [-0.2, -0.15) is 0 Å². The van der Waals surface area contributed by atoms with Crippen LogP contribution < -0.4 is 10.6 Å². The van der Waals surface area contributed by atoms with E-state index in [0.29, 0.717) is 17.2 Å². The lowest BCUT2D eigenvalue weighted by Gasteiger charge is -2.37. The maximum absolute atomic E-state index is 5.89. The van der Waals surface area contributed by atoms with Gasteiger partial charge in [-0.25, -0.2) is 4.63 Å². The van der Waals surface area contributed by atoms with Crippen molar-refractivity contribution in [1.29, 1.82) is 0 Å². The van der Waals surface area contributed by atoms with Gasteiger partial charge in [-0.05, 0) is 48.1 Å². The van der Waals surface area contributed by atoms with Gasteiger partial charge in [0.2, 0.25) is 0 Å². The van der Waals surface area contributed by atoms with Gasteiger partial charge in [0.15, 0.2) is 11.0 Å². The Kier molecular flexibility index (Phi) is 2.81. The lowest BCUT2D eigenvalue weighted by atomic mass is 9.99. The Morgan fingerprint density at radius 3 is 3.00 bits per heavy atom. The van der Waals surface area contributed by atoms with Crippen molar-refractivity contribution in [3.8, 4) is 0 Å². The molecule has 1 aliphatic rings. The Labute approximate surface area is 106 Å². The van der Waals surface area contributed by atoms with E-state index in [0.717, 1.165) is 24.2 Å². The summed E-state index contributed by atoms with van der Waals surface area (Å²) < 4.78 is 4.84. The maximum atomic E-state index is 5.89. The highest BCUT2D eigenvalue weighted by Crippen LogP contribution is 2.33. The number of nitrogens with two attached hydrogens (primary N) is 1. The molecule has 1 aromatic carbocycles. The highest BCUT2D eigenvalue weighted by Gasteiger charge is 2.24. The molecule has 3 rings (SSSR count). The first-order valence-corrected chi connectivity index (χ1v) is 6.58. The van der Waals surface area contributed by atoms with Crippen LogP contribution in [0.15, 0.2) is 16.8 Å². The Morgan fingerprint density at radius 1 is 1.33 bits per heavy atom. The van der Waals surface area contributed by atoms with E-state index < -0.39 is 0 Å². The van der Waals surface area contributed by atoms with Crippen molar-refractivity contribution in [1.82, 2.24) is 10.3 Å². The molecule has 0 radical (unpaired) electrons. The predicted octanol–water partition coefficient (Wildman–Crippen LogP) is 2.57. The normalized spacial score (nSPS) is 20.5. The van der Waals surface area contributed by atoms with E-state index in [1.165, 1.54) is 19.3 Å². The molecule has 0 saturated carbocycles. The van der Waals surface area contributed by atoms with Crippen molar-refractivity contribution in [3.63, 3.8) is 0 Å². The summed E-state index contributed by atoms with van der Waals surface area (Å²) in [7, 11) is 0. The SMILES string of the molecule is CCC1CCCCN1c1ccc(N)c2nonc12. The summed E-state index contributed by atoms with van der Waals surface area (Å²) in [5, 5.41) is 7.90. The summed E-state index contributed by atoms with van der Waals surface area (Å²) in [5.41, 5.74) is 9.08. The highest BCUT2D eigenvalue weighted by molar-refractivity contribution is 5.95. The molecular weight excluding hydrogens is 228 g/mol. The number of hydrogen-bond acceptors (Lipinski definition) is 5. The number of fused-ring (bicyclic) bond motifs is 1. The first-order valence-electron chi connectivity index (χ1n) is 6.58. The molecule has 1 atom stereocenters. The van der Waals surface area contributed by atoms with E-state index in [1.807, 2.05) is 12.1 Å². The molecule has 0 aliphatic carbocycles. The van der Waals surface area contributed by atoms with Gasteiger partial charge >= 0.3 is 0 Å². The summed E-state index contributed by atoms with van der Waals surface area (Å²) in [4.78, 5) is 2.43. The average molecular weight is 246 g/mol. The molecule has 1 unspecified atom stereocenters. The third-order valence-electron chi connectivity index (χ3n) is 3.83. The summed E-state index contributed by atoms with van der Waals surface area (Å²) >= 11 is 0. The molecule has 5 heteroatoms. The van der Waals surface area contributed by atoms with Crippen LogP contribution in [0.2, 0.25) is 0 Å². The number of rotatable bonds is 2. The fraction of sp³-hybridized carbons (Fsp3) is 0.538. The zero-order valence-corrected chi connectivity index (χ0v) is 10.6. The van der Waals surface area contributed by atoms with E-state index in [1.54, 1.807) is 0 Å². The zero-order chi connectivity index (χ0) is 12.5. The largest absolute Gasteiger partial charge is 0.397 e. The molecule has 1 fully saturated rings. The van der Waals surface area contributed by atoms with Crippen molar-refractivity contribution >= 4 is 22.4 Å². The van der Waals surface area contributed by atoms with E-state index in [-0.39, 0.29) is 0 Å². The molecule has 1 aliphatic heterocycles. The molecule has 2 aromatic rings. The molecule has 1 aromatic heterocycles. The Bertz CT molecular complexity index is 551. The second-order valence-corrected chi connectivity index (χ2v) is 4.89. The van der Waals surface area contributed by atoms with Gasteiger partial charge in [0.1, 0.15) is 0 Å². The molecule has 96 valence electrons. The first-order chi connectivity index (χ1) is 8.81. The Hall–Kier alpha value is -1.78. The quantitative estimate of drug-likeness (QED) is 0.825. The Balaban J connectivity index is 2.07. The Morgan fingerprint density at radius 2 is 2.17 bits per heavy atom. The maximum Gasteiger partial charge on any atom is 0.160 e. The summed E-state index contributed by atoms with van der Waals surface area (Å²) in [5.74, 6) is 0. The van der Waals surface area contributed by atoms with Crippen LogP contribution >= 0.6 is 0 Å². The van der Waals surface area contributed by atoms with Gasteiger partial charge in [0.25, 0.3) is 0 Å². The van der Waals surface area contributed by atoms with Crippen LogP contribution in [0.4, 0.5) is 11.4 Å². The molecule has 2 heterocycles. The number of nitrogen functional groups attached to an aromatic ring is 1. The third-order valence-corrected chi connectivity index (χ3v) is 3.83. The summed E-state index contributed by atoms with van der Waals surface area (Å²) in [6.07, 6.45) is 4.93. The minimum absolute atomic E-state index is 0.585. The minimum Gasteiger partial charge on any atom is -0.397 e. The van der Waals surface area contributed by atoms with E-state index in [9.17, 15) is 0 Å². The van der Waals surface area contributed by atoms with Crippen LogP contribution in [0, 0.1) is 0 Å². The van der Waals surface area contributed by atoms with E-state index >= 15 is 0 Å². The van der Waals surface area contributed by atoms with Gasteiger partial charge in [-0.1, -0.05) is 6.92 Å². The topological polar surface area (TPSA) is 68.2 Å². The van der Waals surface area contributed by atoms with Crippen molar-refractivity contribution < 1.29 is 4.63 Å². The summed E-state index contributed by atoms with van der Waals surface area (Å²) in [6.45, 7) is 3.31. The van der Waals surface area contributed by atoms with Crippen LogP contribution in [0.5, 0.6) is 0 Å². The lowest BCUT2D eigenvalue weighted by molar-refractivity contribution is 0.315. The van der Waals surface area contributed by atoms with Gasteiger partial charge in [0.05, 0.1) is 11.4 Å². The monoisotopic (exact) mass is 246 g/mol. The van der Waals surface area contributed by atoms with Crippen LogP contribution in [0.1, 0.15) is 32.6 Å². The molecule has 0 bridgehead atoms. The number of nitrogens with zero attached hydrogens (tertiary/aromatic N) is 3. The minimum atomic E-state index is 0.585. The number of anilines is 2. The second-order valence-electron chi connectivity index (χ2n) is 4.89. The second kappa shape index (κ2) is 4.48. The standard InChI is InChI=1S/C13H18N4O/c1-2-9-5-3-4-8-17(9)11-7-6-10(14)12-13(11)16-18-15-12/h6-7,9H,2-5,8,14H2,1H3. The van der Waals surface area contributed by atoms with Crippen molar-refractivity contribution in [2.75, 3.05) is 17.2 Å². The molecular formula is C13H18N4O. The van der Waals surface area contributed by atoms with Gasteiger partial charge < -0.3 is 10.6 Å². The van der Waals surface area contributed by atoms with E-state index in [4.69, 9.17) is 10.4 Å². The number of aromatic nitrogens is 2.